The Kier molecular flexibility index (Phi) is 17.7. The van der Waals surface area contributed by atoms with Crippen molar-refractivity contribution in [2.45, 2.75) is 74.7 Å². The van der Waals surface area contributed by atoms with E-state index in [-0.39, 0.29) is 0 Å². The van der Waals surface area contributed by atoms with Gasteiger partial charge in [0.15, 0.2) is 0 Å². The third-order valence-electron chi connectivity index (χ3n) is 3.96. The Balaban J connectivity index is -0.000000218. The van der Waals surface area contributed by atoms with Crippen molar-refractivity contribution in [3.63, 3.8) is 0 Å². The van der Waals surface area contributed by atoms with E-state index in [1.165, 1.54) is 24.8 Å². The summed E-state index contributed by atoms with van der Waals surface area (Å²) in [5.41, 5.74) is 1.64. The van der Waals surface area contributed by atoms with Crippen molar-refractivity contribution in [2.75, 3.05) is 0 Å². The summed E-state index contributed by atoms with van der Waals surface area (Å²) in [6.45, 7) is 28.5. The standard InChI is InChI=1S/2C7H14.C6H12/c1-5-7(3,4)6-2;1-5-7(4)6(2)3;1-4-6(3)5-2/h5H,1,6H2,2-4H3;7H,2,5H2,1,3-4H3;4,6H,1,5H2,2-3H3. The number of hydrogen-bond acceptors (Lipinski definition) is 0. The Morgan fingerprint density at radius 1 is 1.05 bits per heavy atom. The maximum atomic E-state index is 3.83. The van der Waals surface area contributed by atoms with E-state index in [4.69, 9.17) is 0 Å². The first-order valence-electron chi connectivity index (χ1n) is 8.03. The van der Waals surface area contributed by atoms with Crippen LogP contribution in [0.15, 0.2) is 37.5 Å². The van der Waals surface area contributed by atoms with Crippen LogP contribution in [0, 0.1) is 17.3 Å². The number of allylic oxidation sites excluding steroid dienone is 3. The lowest BCUT2D eigenvalue weighted by molar-refractivity contribution is 0.463. The van der Waals surface area contributed by atoms with Gasteiger partial charge in [0, 0.05) is 0 Å². The second-order valence-corrected chi connectivity index (χ2v) is 6.32. The topological polar surface area (TPSA) is 0 Å². The monoisotopic (exact) mass is 280 g/mol. The van der Waals surface area contributed by atoms with Gasteiger partial charge in [0.2, 0.25) is 0 Å². The smallest absolute Gasteiger partial charge is 0.0180 e. The van der Waals surface area contributed by atoms with Crippen LogP contribution in [0.4, 0.5) is 0 Å². The van der Waals surface area contributed by atoms with Crippen LogP contribution in [-0.2, 0) is 0 Å². The highest BCUT2D eigenvalue weighted by Crippen LogP contribution is 2.19. The molecule has 0 aromatic carbocycles. The molecule has 0 heteroatoms. The van der Waals surface area contributed by atoms with Crippen molar-refractivity contribution in [1.29, 1.82) is 0 Å². The van der Waals surface area contributed by atoms with E-state index in [2.05, 4.69) is 75.1 Å². The second-order valence-electron chi connectivity index (χ2n) is 6.32. The molecule has 2 unspecified atom stereocenters. The lowest BCUT2D eigenvalue weighted by Gasteiger charge is -2.14. The van der Waals surface area contributed by atoms with Gasteiger partial charge in [-0.1, -0.05) is 79.2 Å². The molecule has 0 bridgehead atoms. The van der Waals surface area contributed by atoms with Gasteiger partial charge in [0.1, 0.15) is 0 Å². The molecule has 0 aromatic heterocycles. The lowest BCUT2D eigenvalue weighted by atomic mass is 9.91. The fourth-order valence-electron chi connectivity index (χ4n) is 0.659. The molecule has 0 amide bonds. The van der Waals surface area contributed by atoms with Crippen LogP contribution in [-0.4, -0.2) is 0 Å². The summed E-state index contributed by atoms with van der Waals surface area (Å²) in [7, 11) is 0. The summed E-state index contributed by atoms with van der Waals surface area (Å²) in [6, 6.07) is 0. The Morgan fingerprint density at radius 2 is 1.50 bits per heavy atom. The normalized spacial score (nSPS) is 12.8. The number of hydrogen-bond donors (Lipinski definition) is 0. The fourth-order valence-corrected chi connectivity index (χ4v) is 0.659. The van der Waals surface area contributed by atoms with Gasteiger partial charge in [-0.05, 0) is 37.0 Å². The molecule has 20 heavy (non-hydrogen) atoms. The molecule has 0 nitrogen and oxygen atoms in total. The molecule has 0 fully saturated rings. The quantitative estimate of drug-likeness (QED) is 0.443. The lowest BCUT2D eigenvalue weighted by Crippen LogP contribution is -2.02. The van der Waals surface area contributed by atoms with Crippen LogP contribution in [0.25, 0.3) is 0 Å². The Morgan fingerprint density at radius 3 is 1.50 bits per heavy atom. The molecule has 120 valence electrons. The molecular formula is C20H40. The minimum Gasteiger partial charge on any atom is -0.103 e. The van der Waals surface area contributed by atoms with Crippen molar-refractivity contribution in [3.8, 4) is 0 Å². The molecule has 0 saturated carbocycles. The van der Waals surface area contributed by atoms with Gasteiger partial charge in [0.05, 0.1) is 0 Å². The summed E-state index contributed by atoms with van der Waals surface area (Å²) in [6.07, 6.45) is 7.57. The molecule has 0 heterocycles. The van der Waals surface area contributed by atoms with Crippen molar-refractivity contribution in [1.82, 2.24) is 0 Å². The molecule has 0 radical (unpaired) electrons. The van der Waals surface area contributed by atoms with Gasteiger partial charge in [-0.3, -0.25) is 0 Å². The largest absolute Gasteiger partial charge is 0.103 e. The van der Waals surface area contributed by atoms with Crippen molar-refractivity contribution >= 4 is 0 Å². The molecule has 2 atom stereocenters. The zero-order valence-electron chi connectivity index (χ0n) is 15.6. The summed E-state index contributed by atoms with van der Waals surface area (Å²) in [5.74, 6) is 1.41. The van der Waals surface area contributed by atoms with E-state index in [0.717, 1.165) is 0 Å². The number of rotatable bonds is 6. The zero-order valence-corrected chi connectivity index (χ0v) is 15.6. The first-order valence-corrected chi connectivity index (χ1v) is 8.03. The average molecular weight is 281 g/mol. The molecule has 0 aliphatic rings. The third kappa shape index (κ3) is 19.6. The predicted molar refractivity (Wildman–Crippen MR) is 98.2 cm³/mol. The zero-order chi connectivity index (χ0) is 16.8. The van der Waals surface area contributed by atoms with Crippen LogP contribution in [0.3, 0.4) is 0 Å². The molecule has 0 aliphatic heterocycles. The van der Waals surface area contributed by atoms with Gasteiger partial charge >= 0.3 is 0 Å². The fraction of sp³-hybridized carbons (Fsp3) is 0.700. The van der Waals surface area contributed by atoms with E-state index < -0.39 is 0 Å². The van der Waals surface area contributed by atoms with Crippen LogP contribution in [0.2, 0.25) is 0 Å². The van der Waals surface area contributed by atoms with Gasteiger partial charge in [-0.15, -0.1) is 13.2 Å². The molecule has 0 rings (SSSR count). The first-order chi connectivity index (χ1) is 9.11. The van der Waals surface area contributed by atoms with E-state index in [9.17, 15) is 0 Å². The van der Waals surface area contributed by atoms with Crippen LogP contribution in [0.1, 0.15) is 74.7 Å². The van der Waals surface area contributed by atoms with Crippen molar-refractivity contribution in [3.05, 3.63) is 37.5 Å². The Labute approximate surface area is 130 Å². The minimum atomic E-state index is 0.347. The minimum absolute atomic E-state index is 0.347. The highest BCUT2D eigenvalue weighted by atomic mass is 14.1. The molecule has 0 saturated heterocycles. The third-order valence-corrected chi connectivity index (χ3v) is 3.96. The average Bonchev–Trinajstić information content (AvgIpc) is 2.46. The van der Waals surface area contributed by atoms with E-state index >= 15 is 0 Å². The first kappa shape index (κ1) is 24.3. The van der Waals surface area contributed by atoms with Gasteiger partial charge < -0.3 is 0 Å². The predicted octanol–water partition coefficient (Wildman–Crippen LogP) is 7.44. The van der Waals surface area contributed by atoms with E-state index in [1.807, 2.05) is 12.2 Å². The Hall–Kier alpha value is -0.780. The van der Waals surface area contributed by atoms with Gasteiger partial charge in [-0.25, -0.2) is 0 Å². The Bertz CT molecular complexity index is 245. The van der Waals surface area contributed by atoms with Gasteiger partial charge in [0.25, 0.3) is 0 Å². The maximum Gasteiger partial charge on any atom is -0.0180 e. The van der Waals surface area contributed by atoms with Crippen LogP contribution < -0.4 is 0 Å². The van der Waals surface area contributed by atoms with Crippen LogP contribution >= 0.6 is 0 Å². The van der Waals surface area contributed by atoms with Crippen LogP contribution in [0.5, 0.6) is 0 Å². The van der Waals surface area contributed by atoms with E-state index in [1.54, 1.807) is 0 Å². The van der Waals surface area contributed by atoms with Crippen molar-refractivity contribution in [2.24, 2.45) is 17.3 Å². The SMILES string of the molecule is C=C(C)C(C)CC.C=CC(C)(C)CC.C=CC(C)CC. The summed E-state index contributed by atoms with van der Waals surface area (Å²) in [4.78, 5) is 0. The molecule has 0 aliphatic carbocycles. The summed E-state index contributed by atoms with van der Waals surface area (Å²) >= 11 is 0. The molecule has 0 spiro atoms. The second kappa shape index (κ2) is 14.6. The highest BCUT2D eigenvalue weighted by molar-refractivity contribution is 4.92. The molecular weight excluding hydrogens is 240 g/mol. The van der Waals surface area contributed by atoms with Crippen molar-refractivity contribution < 1.29 is 0 Å². The molecule has 0 N–H and O–H groups in total. The van der Waals surface area contributed by atoms with E-state index in [0.29, 0.717) is 17.3 Å². The molecule has 0 aromatic rings. The maximum absolute atomic E-state index is 3.83. The summed E-state index contributed by atoms with van der Waals surface area (Å²) in [5, 5.41) is 0. The van der Waals surface area contributed by atoms with Gasteiger partial charge in [-0.2, -0.15) is 0 Å². The highest BCUT2D eigenvalue weighted by Gasteiger charge is 2.06. The summed E-state index contributed by atoms with van der Waals surface area (Å²) < 4.78 is 0.